The molecular weight excluding hydrogens is 282 g/mol. The predicted molar refractivity (Wildman–Crippen MR) is 86.8 cm³/mol. The number of aryl methyl sites for hydroxylation is 1. The first-order valence-corrected chi connectivity index (χ1v) is 7.78. The monoisotopic (exact) mass is 301 g/mol. The highest BCUT2D eigenvalue weighted by Crippen LogP contribution is 2.22. The molecule has 1 fully saturated rings. The van der Waals surface area contributed by atoms with E-state index in [-0.39, 0.29) is 0 Å². The van der Waals surface area contributed by atoms with Crippen LogP contribution in [-0.2, 0) is 13.2 Å². The lowest BCUT2D eigenvalue weighted by Gasteiger charge is -2.09. The number of halogens is 1. The first-order valence-electron chi connectivity index (χ1n) is 7.41. The molecule has 1 aliphatic carbocycles. The molecule has 0 heterocycles. The minimum Gasteiger partial charge on any atom is -0.489 e. The number of ether oxygens (including phenoxy) is 1. The molecule has 0 radical (unpaired) electrons. The van der Waals surface area contributed by atoms with Gasteiger partial charge >= 0.3 is 0 Å². The van der Waals surface area contributed by atoms with Gasteiger partial charge in [0.15, 0.2) is 0 Å². The van der Waals surface area contributed by atoms with Gasteiger partial charge in [-0.25, -0.2) is 0 Å². The van der Waals surface area contributed by atoms with Crippen LogP contribution < -0.4 is 10.1 Å². The normalized spacial score (nSPS) is 14.2. The Morgan fingerprint density at radius 2 is 1.81 bits per heavy atom. The van der Waals surface area contributed by atoms with Gasteiger partial charge in [-0.3, -0.25) is 0 Å². The molecule has 0 aliphatic heterocycles. The molecule has 0 atom stereocenters. The van der Waals surface area contributed by atoms with Crippen LogP contribution >= 0.6 is 11.6 Å². The summed E-state index contributed by atoms with van der Waals surface area (Å²) >= 11 is 6.01. The Labute approximate surface area is 131 Å². The van der Waals surface area contributed by atoms with Gasteiger partial charge in [-0.2, -0.15) is 0 Å². The lowest BCUT2D eigenvalue weighted by atomic mass is 10.1. The largest absolute Gasteiger partial charge is 0.489 e. The molecule has 1 aliphatic rings. The molecule has 110 valence electrons. The summed E-state index contributed by atoms with van der Waals surface area (Å²) in [6.45, 7) is 3.52. The van der Waals surface area contributed by atoms with E-state index in [9.17, 15) is 0 Å². The molecule has 1 saturated carbocycles. The highest BCUT2D eigenvalue weighted by Gasteiger charge is 2.19. The fraction of sp³-hybridized carbons (Fsp3) is 0.333. The van der Waals surface area contributed by atoms with Crippen LogP contribution in [0.2, 0.25) is 5.02 Å². The van der Waals surface area contributed by atoms with Gasteiger partial charge in [0.2, 0.25) is 0 Å². The molecule has 2 aromatic rings. The zero-order chi connectivity index (χ0) is 14.7. The number of benzene rings is 2. The average Bonchev–Trinajstić information content (AvgIpc) is 3.32. The molecular formula is C18H20ClNO. The third kappa shape index (κ3) is 4.23. The van der Waals surface area contributed by atoms with Crippen molar-refractivity contribution in [2.75, 3.05) is 0 Å². The molecule has 0 amide bonds. The maximum Gasteiger partial charge on any atom is 0.120 e. The van der Waals surface area contributed by atoms with Crippen molar-refractivity contribution in [2.24, 2.45) is 0 Å². The second-order valence-corrected chi connectivity index (χ2v) is 6.08. The van der Waals surface area contributed by atoms with Crippen LogP contribution in [-0.4, -0.2) is 6.04 Å². The first-order chi connectivity index (χ1) is 10.2. The summed E-state index contributed by atoms with van der Waals surface area (Å²) in [5.41, 5.74) is 3.54. The third-order valence-corrected chi connectivity index (χ3v) is 4.15. The van der Waals surface area contributed by atoms with Crippen LogP contribution in [0.1, 0.15) is 29.5 Å². The topological polar surface area (TPSA) is 21.3 Å². The Hall–Kier alpha value is -1.51. The highest BCUT2D eigenvalue weighted by molar-refractivity contribution is 6.31. The molecule has 0 bridgehead atoms. The van der Waals surface area contributed by atoms with Gasteiger partial charge in [-0.1, -0.05) is 35.9 Å². The highest BCUT2D eigenvalue weighted by atomic mass is 35.5. The summed E-state index contributed by atoms with van der Waals surface area (Å²) in [5.74, 6) is 0.858. The van der Waals surface area contributed by atoms with Crippen LogP contribution in [0, 0.1) is 6.92 Å². The van der Waals surface area contributed by atoms with E-state index in [1.165, 1.54) is 24.0 Å². The first kappa shape index (κ1) is 14.4. The van der Waals surface area contributed by atoms with Crippen molar-refractivity contribution in [1.29, 1.82) is 0 Å². The van der Waals surface area contributed by atoms with Crippen LogP contribution in [0.5, 0.6) is 5.75 Å². The Balaban J connectivity index is 1.53. The number of hydrogen-bond acceptors (Lipinski definition) is 2. The quantitative estimate of drug-likeness (QED) is 0.849. The second kappa shape index (κ2) is 6.50. The molecule has 0 saturated heterocycles. The fourth-order valence-corrected chi connectivity index (χ4v) is 2.29. The van der Waals surface area contributed by atoms with E-state index in [2.05, 4.69) is 29.6 Å². The Kier molecular flexibility index (Phi) is 4.47. The summed E-state index contributed by atoms with van der Waals surface area (Å²) in [6, 6.07) is 15.1. The van der Waals surface area contributed by atoms with Gasteiger partial charge in [-0.05, 0) is 54.7 Å². The van der Waals surface area contributed by atoms with Crippen molar-refractivity contribution in [3.63, 3.8) is 0 Å². The van der Waals surface area contributed by atoms with Gasteiger partial charge in [0.1, 0.15) is 12.4 Å². The lowest BCUT2D eigenvalue weighted by Crippen LogP contribution is -2.15. The molecule has 2 aromatic carbocycles. The van der Waals surface area contributed by atoms with Crippen molar-refractivity contribution < 1.29 is 4.74 Å². The van der Waals surface area contributed by atoms with Gasteiger partial charge < -0.3 is 10.1 Å². The van der Waals surface area contributed by atoms with E-state index >= 15 is 0 Å². The van der Waals surface area contributed by atoms with Crippen molar-refractivity contribution in [3.8, 4) is 5.75 Å². The number of hydrogen-bond donors (Lipinski definition) is 1. The van der Waals surface area contributed by atoms with Crippen molar-refractivity contribution in [2.45, 2.75) is 39.0 Å². The van der Waals surface area contributed by atoms with E-state index in [0.29, 0.717) is 6.61 Å². The summed E-state index contributed by atoms with van der Waals surface area (Å²) in [6.07, 6.45) is 2.65. The smallest absolute Gasteiger partial charge is 0.120 e. The molecule has 1 N–H and O–H groups in total. The maximum absolute atomic E-state index is 6.01. The Morgan fingerprint density at radius 3 is 2.48 bits per heavy atom. The SMILES string of the molecule is Cc1cc(OCc2ccc(CNC3CC3)cc2)ccc1Cl. The van der Waals surface area contributed by atoms with Gasteiger partial charge in [0.05, 0.1) is 0 Å². The zero-order valence-corrected chi connectivity index (χ0v) is 13.0. The van der Waals surface area contributed by atoms with Crippen molar-refractivity contribution in [1.82, 2.24) is 5.32 Å². The molecule has 0 spiro atoms. The molecule has 0 aromatic heterocycles. The van der Waals surface area contributed by atoms with Crippen molar-refractivity contribution in [3.05, 3.63) is 64.2 Å². The maximum atomic E-state index is 6.01. The van der Waals surface area contributed by atoms with E-state index in [1.54, 1.807) is 0 Å². The molecule has 2 nitrogen and oxygen atoms in total. The van der Waals surface area contributed by atoms with E-state index in [1.807, 2.05) is 25.1 Å². The second-order valence-electron chi connectivity index (χ2n) is 5.67. The van der Waals surface area contributed by atoms with E-state index < -0.39 is 0 Å². The molecule has 3 heteroatoms. The van der Waals surface area contributed by atoms with Crippen LogP contribution in [0.25, 0.3) is 0 Å². The third-order valence-electron chi connectivity index (χ3n) is 3.73. The lowest BCUT2D eigenvalue weighted by molar-refractivity contribution is 0.306. The molecule has 0 unspecified atom stereocenters. The number of nitrogens with one attached hydrogen (secondary N) is 1. The summed E-state index contributed by atoms with van der Waals surface area (Å²) in [4.78, 5) is 0. The van der Waals surface area contributed by atoms with Crippen LogP contribution in [0.15, 0.2) is 42.5 Å². The fourth-order valence-electron chi connectivity index (χ4n) is 2.18. The summed E-state index contributed by atoms with van der Waals surface area (Å²) in [7, 11) is 0. The van der Waals surface area contributed by atoms with E-state index in [4.69, 9.17) is 16.3 Å². The molecule has 21 heavy (non-hydrogen) atoms. The van der Waals surface area contributed by atoms with E-state index in [0.717, 1.165) is 28.9 Å². The van der Waals surface area contributed by atoms with Gasteiger partial charge in [0, 0.05) is 17.6 Å². The molecule has 3 rings (SSSR count). The van der Waals surface area contributed by atoms with Crippen molar-refractivity contribution >= 4 is 11.6 Å². The minimum absolute atomic E-state index is 0.581. The van der Waals surface area contributed by atoms with Crippen LogP contribution in [0.3, 0.4) is 0 Å². The predicted octanol–water partition coefficient (Wildman–Crippen LogP) is 4.48. The Bertz CT molecular complexity index is 605. The number of rotatable bonds is 6. The Morgan fingerprint density at radius 1 is 1.10 bits per heavy atom. The minimum atomic E-state index is 0.581. The average molecular weight is 302 g/mol. The standard InChI is InChI=1S/C18H20ClNO/c1-13-10-17(8-9-18(13)19)21-12-15-4-2-14(3-5-15)11-20-16-6-7-16/h2-5,8-10,16,20H,6-7,11-12H2,1H3. The summed E-state index contributed by atoms with van der Waals surface area (Å²) < 4.78 is 5.80. The van der Waals surface area contributed by atoms with Gasteiger partial charge in [0.25, 0.3) is 0 Å². The van der Waals surface area contributed by atoms with Gasteiger partial charge in [-0.15, -0.1) is 0 Å². The summed E-state index contributed by atoms with van der Waals surface area (Å²) in [5, 5.41) is 4.29. The van der Waals surface area contributed by atoms with Crippen LogP contribution in [0.4, 0.5) is 0 Å². The zero-order valence-electron chi connectivity index (χ0n) is 12.2.